The molecule has 0 unspecified atom stereocenters. The van der Waals surface area contributed by atoms with E-state index in [0.717, 1.165) is 50.3 Å². The van der Waals surface area contributed by atoms with Crippen molar-refractivity contribution in [1.29, 1.82) is 0 Å². The van der Waals surface area contributed by atoms with Crippen molar-refractivity contribution >= 4 is 0 Å². The molecule has 0 N–H and O–H groups in total. The summed E-state index contributed by atoms with van der Waals surface area (Å²) in [4.78, 5) is 0. The van der Waals surface area contributed by atoms with E-state index in [-0.39, 0.29) is 5.41 Å². The highest BCUT2D eigenvalue weighted by Crippen LogP contribution is 2.28. The van der Waals surface area contributed by atoms with Gasteiger partial charge in [0, 0.05) is 11.6 Å². The Morgan fingerprint density at radius 3 is 2.52 bits per heavy atom. The summed E-state index contributed by atoms with van der Waals surface area (Å²) in [5.74, 6) is 0. The molecule has 0 amide bonds. The van der Waals surface area contributed by atoms with Crippen molar-refractivity contribution in [3.05, 3.63) is 65.4 Å². The predicted molar refractivity (Wildman–Crippen MR) is 107 cm³/mol. The van der Waals surface area contributed by atoms with E-state index in [1.54, 1.807) is 0 Å². The lowest BCUT2D eigenvalue weighted by Crippen LogP contribution is -2.54. The van der Waals surface area contributed by atoms with E-state index in [1.807, 2.05) is 0 Å². The van der Waals surface area contributed by atoms with E-state index in [2.05, 4.69) is 70.9 Å². The maximum atomic E-state index is 5.59. The van der Waals surface area contributed by atoms with Crippen LogP contribution in [0.2, 0.25) is 0 Å². The van der Waals surface area contributed by atoms with Crippen LogP contribution >= 0.6 is 0 Å². The first kappa shape index (κ1) is 19.7. The summed E-state index contributed by atoms with van der Waals surface area (Å²) in [7, 11) is 0. The number of rotatable bonds is 6. The number of benzene rings is 1. The summed E-state index contributed by atoms with van der Waals surface area (Å²) >= 11 is 0. The van der Waals surface area contributed by atoms with E-state index >= 15 is 0 Å². The molecule has 0 spiro atoms. The molecule has 0 radical (unpaired) electrons. The molecule has 1 fully saturated rings. The molecule has 1 aliphatic rings. The Morgan fingerprint density at radius 2 is 1.96 bits per heavy atom. The van der Waals surface area contributed by atoms with Gasteiger partial charge in [-0.2, -0.15) is 0 Å². The monoisotopic (exact) mass is 340 g/mol. The molecule has 0 atom stereocenters. The number of aryl methyl sites for hydroxylation is 1. The van der Waals surface area contributed by atoms with Crippen molar-refractivity contribution in [2.45, 2.75) is 40.7 Å². The highest BCUT2D eigenvalue weighted by molar-refractivity contribution is 5.34. The fourth-order valence-corrected chi connectivity index (χ4v) is 3.33. The first-order valence-electron chi connectivity index (χ1n) is 9.29. The summed E-state index contributed by atoms with van der Waals surface area (Å²) in [6, 6.07) is 6.95. The lowest BCUT2D eigenvalue weighted by molar-refractivity contribution is -0.942. The minimum Gasteiger partial charge on any atom is -0.370 e. The predicted octanol–water partition coefficient (Wildman–Crippen LogP) is 4.83. The molecule has 1 saturated heterocycles. The maximum Gasteiger partial charge on any atom is 0.105 e. The first-order chi connectivity index (χ1) is 11.8. The van der Waals surface area contributed by atoms with Crippen molar-refractivity contribution in [2.24, 2.45) is 5.41 Å². The summed E-state index contributed by atoms with van der Waals surface area (Å²) in [6.07, 6.45) is 3.03. The van der Waals surface area contributed by atoms with Gasteiger partial charge in [-0.3, -0.25) is 0 Å². The van der Waals surface area contributed by atoms with Crippen LogP contribution in [0.3, 0.4) is 0 Å². The van der Waals surface area contributed by atoms with Crippen molar-refractivity contribution in [3.63, 3.8) is 0 Å². The van der Waals surface area contributed by atoms with Crippen LogP contribution in [0, 0.1) is 12.3 Å². The molecule has 1 aliphatic heterocycles. The zero-order chi connectivity index (χ0) is 18.5. The second-order valence-electron chi connectivity index (χ2n) is 8.44. The van der Waals surface area contributed by atoms with Crippen LogP contribution in [0.15, 0.2) is 48.7 Å². The third kappa shape index (κ3) is 5.44. The third-order valence-corrected chi connectivity index (χ3v) is 5.43. The minimum absolute atomic E-state index is 0.158. The minimum atomic E-state index is 0.158. The van der Waals surface area contributed by atoms with Crippen molar-refractivity contribution < 1.29 is 9.22 Å². The highest BCUT2D eigenvalue weighted by atomic mass is 16.5. The molecule has 136 valence electrons. The zero-order valence-electron chi connectivity index (χ0n) is 16.5. The number of hydrogen-bond donors (Lipinski definition) is 0. The highest BCUT2D eigenvalue weighted by Gasteiger charge is 2.29. The van der Waals surface area contributed by atoms with Crippen LogP contribution in [0.1, 0.15) is 37.5 Å². The van der Waals surface area contributed by atoms with E-state index < -0.39 is 0 Å². The smallest absolute Gasteiger partial charge is 0.105 e. The van der Waals surface area contributed by atoms with E-state index in [1.165, 1.54) is 22.3 Å². The molecule has 1 aromatic carbocycles. The van der Waals surface area contributed by atoms with E-state index in [0.29, 0.717) is 0 Å². The molecule has 2 heteroatoms. The lowest BCUT2D eigenvalue weighted by Gasteiger charge is -2.40. The van der Waals surface area contributed by atoms with Gasteiger partial charge in [0.1, 0.15) is 26.2 Å². The van der Waals surface area contributed by atoms with Gasteiger partial charge in [0.15, 0.2) is 0 Å². The standard InChI is InChI=1S/C23H34NO/c1-7-8-11-24(12-14-25-15-13-24)18-21-9-10-22(19(2)16-21)17-20(3)23(4,5)6/h8-10,16H,1,3,11-15,17-18H2,2,4-6H3/q+1. The quantitative estimate of drug-likeness (QED) is 0.409. The second-order valence-corrected chi connectivity index (χ2v) is 8.44. The fourth-order valence-electron chi connectivity index (χ4n) is 3.33. The van der Waals surface area contributed by atoms with Gasteiger partial charge in [-0.25, -0.2) is 0 Å². The Labute approximate surface area is 154 Å². The average Bonchev–Trinajstić information content (AvgIpc) is 2.55. The fraction of sp³-hybridized carbons (Fsp3) is 0.522. The number of morpholine rings is 1. The first-order valence-corrected chi connectivity index (χ1v) is 9.29. The van der Waals surface area contributed by atoms with E-state index in [4.69, 9.17) is 4.74 Å². The van der Waals surface area contributed by atoms with Gasteiger partial charge in [-0.1, -0.05) is 57.7 Å². The molecule has 2 nitrogen and oxygen atoms in total. The Bertz CT molecular complexity index is 653. The van der Waals surface area contributed by atoms with Gasteiger partial charge in [0.05, 0.1) is 13.2 Å². The second kappa shape index (κ2) is 8.19. The molecule has 1 aromatic rings. The molecule has 2 rings (SSSR count). The van der Waals surface area contributed by atoms with E-state index in [9.17, 15) is 0 Å². The van der Waals surface area contributed by atoms with Gasteiger partial charge in [-0.05, 0) is 29.9 Å². The zero-order valence-corrected chi connectivity index (χ0v) is 16.5. The van der Waals surface area contributed by atoms with Gasteiger partial charge >= 0.3 is 0 Å². The number of quaternary nitrogens is 1. The van der Waals surface area contributed by atoms with Crippen LogP contribution in [-0.4, -0.2) is 37.3 Å². The Morgan fingerprint density at radius 1 is 1.28 bits per heavy atom. The van der Waals surface area contributed by atoms with Crippen LogP contribution in [0.4, 0.5) is 0 Å². The lowest BCUT2D eigenvalue weighted by atomic mass is 9.83. The van der Waals surface area contributed by atoms with Crippen LogP contribution in [-0.2, 0) is 17.7 Å². The molecular weight excluding hydrogens is 306 g/mol. The topological polar surface area (TPSA) is 9.23 Å². The average molecular weight is 341 g/mol. The summed E-state index contributed by atoms with van der Waals surface area (Å²) in [5.41, 5.74) is 8.55. The maximum absolute atomic E-state index is 5.59. The molecular formula is C23H34NO+. The van der Waals surface area contributed by atoms with Gasteiger partial charge < -0.3 is 9.22 Å². The normalized spacial score (nSPS) is 17.0. The number of allylic oxidation sites excluding steroid dienone is 1. The molecule has 1 heterocycles. The van der Waals surface area contributed by atoms with Gasteiger partial charge in [0.25, 0.3) is 0 Å². The van der Waals surface area contributed by atoms with Crippen LogP contribution < -0.4 is 0 Å². The summed E-state index contributed by atoms with van der Waals surface area (Å²) < 4.78 is 6.62. The molecule has 0 aromatic heterocycles. The van der Waals surface area contributed by atoms with Crippen molar-refractivity contribution in [3.8, 4) is 0 Å². The van der Waals surface area contributed by atoms with Crippen molar-refractivity contribution in [2.75, 3.05) is 32.8 Å². The molecule has 0 saturated carbocycles. The summed E-state index contributed by atoms with van der Waals surface area (Å²) in [6.45, 7) is 22.8. The summed E-state index contributed by atoms with van der Waals surface area (Å²) in [5, 5.41) is 0. The Hall–Kier alpha value is -1.60. The van der Waals surface area contributed by atoms with Gasteiger partial charge in [0.2, 0.25) is 0 Å². The van der Waals surface area contributed by atoms with Gasteiger partial charge in [-0.15, -0.1) is 5.73 Å². The third-order valence-electron chi connectivity index (χ3n) is 5.43. The molecule has 25 heavy (non-hydrogen) atoms. The molecule has 0 bridgehead atoms. The largest absolute Gasteiger partial charge is 0.370 e. The Kier molecular flexibility index (Phi) is 6.46. The van der Waals surface area contributed by atoms with Crippen LogP contribution in [0.25, 0.3) is 0 Å². The molecule has 0 aliphatic carbocycles. The number of ether oxygens (including phenoxy) is 1. The Balaban J connectivity index is 2.15. The SMILES string of the molecule is C=C=CC[N+]1(Cc2ccc(CC(=C)C(C)(C)C)c(C)c2)CCOCC1. The number of hydrogen-bond acceptors (Lipinski definition) is 1. The van der Waals surface area contributed by atoms with Crippen molar-refractivity contribution in [1.82, 2.24) is 0 Å². The van der Waals surface area contributed by atoms with Crippen LogP contribution in [0.5, 0.6) is 0 Å². The number of nitrogens with zero attached hydrogens (tertiary/aromatic N) is 1.